The maximum absolute atomic E-state index is 13.1. The molecule has 1 aliphatic rings. The average Bonchev–Trinajstić information content (AvgIpc) is 3.19. The van der Waals surface area contributed by atoms with Gasteiger partial charge < -0.3 is 10.2 Å². The molecule has 0 spiro atoms. The molecule has 2 heterocycles. The second-order valence-electron chi connectivity index (χ2n) is 7.70. The molecule has 6 heteroatoms. The van der Waals surface area contributed by atoms with Gasteiger partial charge in [-0.2, -0.15) is 5.10 Å². The van der Waals surface area contributed by atoms with Crippen LogP contribution in [0.5, 0.6) is 0 Å². The summed E-state index contributed by atoms with van der Waals surface area (Å²) in [5.41, 5.74) is 4.68. The van der Waals surface area contributed by atoms with E-state index in [-0.39, 0.29) is 17.8 Å². The first kappa shape index (κ1) is 19.2. The third-order valence-corrected chi connectivity index (χ3v) is 5.50. The molecule has 3 aromatic rings. The Hall–Kier alpha value is -3.15. The maximum Gasteiger partial charge on any atom is 0.251 e. The topological polar surface area (TPSA) is 61.0 Å². The number of halogens is 1. The number of H-pyrrole nitrogens is 1. The summed E-state index contributed by atoms with van der Waals surface area (Å²) in [5.74, 6) is 0.626. The Kier molecular flexibility index (Phi) is 5.34. The van der Waals surface area contributed by atoms with Gasteiger partial charge in [0.05, 0.1) is 5.69 Å². The van der Waals surface area contributed by atoms with Crippen LogP contribution in [0.2, 0.25) is 0 Å². The quantitative estimate of drug-likeness (QED) is 0.698. The Morgan fingerprint density at radius 3 is 2.52 bits per heavy atom. The minimum atomic E-state index is -0.251. The van der Waals surface area contributed by atoms with E-state index in [9.17, 15) is 9.18 Å². The van der Waals surface area contributed by atoms with Crippen molar-refractivity contribution in [2.75, 3.05) is 18.0 Å². The molecule has 4 rings (SSSR count). The van der Waals surface area contributed by atoms with Gasteiger partial charge in [0.25, 0.3) is 5.91 Å². The SMILES string of the molecule is Cc1ccc(C(=O)NC2CCN(c3cc(-c4ccc(F)cc4)[nH]n3)CC2)c(C)c1. The van der Waals surface area contributed by atoms with Crippen molar-refractivity contribution in [3.05, 3.63) is 71.0 Å². The number of carbonyl (C=O) groups is 1. The van der Waals surface area contributed by atoms with Crippen molar-refractivity contribution in [2.45, 2.75) is 32.7 Å². The van der Waals surface area contributed by atoms with Crippen LogP contribution in [0.25, 0.3) is 11.3 Å². The molecule has 29 heavy (non-hydrogen) atoms. The number of nitrogens with one attached hydrogen (secondary N) is 2. The predicted octanol–water partition coefficient (Wildman–Crippen LogP) is 4.23. The van der Waals surface area contributed by atoms with Gasteiger partial charge in [-0.15, -0.1) is 0 Å². The lowest BCUT2D eigenvalue weighted by Gasteiger charge is -2.32. The van der Waals surface area contributed by atoms with E-state index in [4.69, 9.17) is 0 Å². The molecule has 5 nitrogen and oxygen atoms in total. The molecule has 0 bridgehead atoms. The van der Waals surface area contributed by atoms with Crippen LogP contribution in [0, 0.1) is 19.7 Å². The summed E-state index contributed by atoms with van der Waals surface area (Å²) >= 11 is 0. The van der Waals surface area contributed by atoms with Gasteiger partial charge in [0.2, 0.25) is 0 Å². The number of aromatic amines is 1. The van der Waals surface area contributed by atoms with Crippen molar-refractivity contribution in [1.29, 1.82) is 0 Å². The number of aryl methyl sites for hydroxylation is 2. The predicted molar refractivity (Wildman–Crippen MR) is 113 cm³/mol. The number of rotatable bonds is 4. The van der Waals surface area contributed by atoms with E-state index in [0.29, 0.717) is 0 Å². The fourth-order valence-electron chi connectivity index (χ4n) is 3.83. The van der Waals surface area contributed by atoms with Crippen molar-refractivity contribution in [3.8, 4) is 11.3 Å². The number of benzene rings is 2. The summed E-state index contributed by atoms with van der Waals surface area (Å²) < 4.78 is 13.1. The number of hydrogen-bond acceptors (Lipinski definition) is 3. The summed E-state index contributed by atoms with van der Waals surface area (Å²) in [4.78, 5) is 14.8. The van der Waals surface area contributed by atoms with Crippen molar-refractivity contribution in [1.82, 2.24) is 15.5 Å². The van der Waals surface area contributed by atoms with Gasteiger partial charge in [-0.05, 0) is 68.1 Å². The lowest BCUT2D eigenvalue weighted by molar-refractivity contribution is 0.0930. The smallest absolute Gasteiger partial charge is 0.251 e. The minimum absolute atomic E-state index is 0.000634. The standard InChI is InChI=1S/C23H25FN4O/c1-15-3-8-20(16(2)13-15)23(29)25-19-9-11-28(12-10-19)22-14-21(26-27-22)17-4-6-18(24)7-5-17/h3-8,13-14,19H,9-12H2,1-2H3,(H,25,29)(H,26,27). The van der Waals surface area contributed by atoms with E-state index in [1.54, 1.807) is 12.1 Å². The molecule has 1 amide bonds. The molecule has 0 radical (unpaired) electrons. The highest BCUT2D eigenvalue weighted by atomic mass is 19.1. The number of hydrogen-bond donors (Lipinski definition) is 2. The molecule has 2 N–H and O–H groups in total. The first-order chi connectivity index (χ1) is 14.0. The lowest BCUT2D eigenvalue weighted by Crippen LogP contribution is -2.45. The Bertz CT molecular complexity index is 1000. The van der Waals surface area contributed by atoms with Crippen LogP contribution in [0.15, 0.2) is 48.5 Å². The van der Waals surface area contributed by atoms with Gasteiger partial charge in [0.15, 0.2) is 5.82 Å². The van der Waals surface area contributed by atoms with E-state index in [2.05, 4.69) is 20.4 Å². The van der Waals surface area contributed by atoms with Gasteiger partial charge in [0, 0.05) is 30.8 Å². The van der Waals surface area contributed by atoms with Crippen molar-refractivity contribution in [3.63, 3.8) is 0 Å². The Balaban J connectivity index is 1.35. The van der Waals surface area contributed by atoms with Gasteiger partial charge in [0.1, 0.15) is 5.82 Å². The second-order valence-corrected chi connectivity index (χ2v) is 7.70. The highest BCUT2D eigenvalue weighted by molar-refractivity contribution is 5.95. The van der Waals surface area contributed by atoms with E-state index in [1.165, 1.54) is 12.1 Å². The molecule has 2 aromatic carbocycles. The zero-order valence-corrected chi connectivity index (χ0v) is 16.7. The van der Waals surface area contributed by atoms with Gasteiger partial charge >= 0.3 is 0 Å². The number of nitrogens with zero attached hydrogens (tertiary/aromatic N) is 2. The summed E-state index contributed by atoms with van der Waals surface area (Å²) in [6.07, 6.45) is 1.74. The van der Waals surface area contributed by atoms with Crippen molar-refractivity contribution >= 4 is 11.7 Å². The van der Waals surface area contributed by atoms with Crippen molar-refractivity contribution in [2.24, 2.45) is 0 Å². The number of anilines is 1. The summed E-state index contributed by atoms with van der Waals surface area (Å²) in [7, 11) is 0. The average molecular weight is 392 g/mol. The lowest BCUT2D eigenvalue weighted by atomic mass is 10.0. The van der Waals surface area contributed by atoms with Gasteiger partial charge in [-0.3, -0.25) is 9.89 Å². The molecule has 1 aliphatic heterocycles. The molecule has 0 aliphatic carbocycles. The Morgan fingerprint density at radius 1 is 1.10 bits per heavy atom. The third kappa shape index (κ3) is 4.31. The Morgan fingerprint density at radius 2 is 1.83 bits per heavy atom. The van der Waals surface area contributed by atoms with Crippen LogP contribution in [-0.2, 0) is 0 Å². The van der Waals surface area contributed by atoms with E-state index in [1.807, 2.05) is 38.1 Å². The number of carbonyl (C=O) groups excluding carboxylic acids is 1. The second kappa shape index (κ2) is 8.07. The van der Waals surface area contributed by atoms with E-state index in [0.717, 1.165) is 59.7 Å². The van der Waals surface area contributed by atoms with E-state index < -0.39 is 0 Å². The largest absolute Gasteiger partial charge is 0.355 e. The first-order valence-corrected chi connectivity index (χ1v) is 9.94. The summed E-state index contributed by atoms with van der Waals surface area (Å²) in [5, 5.41) is 10.6. The zero-order valence-electron chi connectivity index (χ0n) is 16.7. The van der Waals surface area contributed by atoms with Crippen LogP contribution >= 0.6 is 0 Å². The fourth-order valence-corrected chi connectivity index (χ4v) is 3.83. The maximum atomic E-state index is 13.1. The molecular weight excluding hydrogens is 367 g/mol. The molecule has 1 fully saturated rings. The van der Waals surface area contributed by atoms with Crippen molar-refractivity contribution < 1.29 is 9.18 Å². The van der Waals surface area contributed by atoms with Gasteiger partial charge in [-0.1, -0.05) is 17.7 Å². The summed E-state index contributed by atoms with van der Waals surface area (Å²) in [6.45, 7) is 5.65. The minimum Gasteiger partial charge on any atom is -0.355 e. The van der Waals surface area contributed by atoms with Crippen LogP contribution in [0.4, 0.5) is 10.2 Å². The molecule has 1 aromatic heterocycles. The van der Waals surface area contributed by atoms with Crippen LogP contribution in [0.1, 0.15) is 34.3 Å². The Labute approximate surface area is 169 Å². The van der Waals surface area contributed by atoms with Crippen LogP contribution in [-0.4, -0.2) is 35.2 Å². The summed E-state index contributed by atoms with van der Waals surface area (Å²) in [6, 6.07) is 14.4. The molecule has 0 saturated carbocycles. The number of piperidine rings is 1. The first-order valence-electron chi connectivity index (χ1n) is 9.94. The monoisotopic (exact) mass is 392 g/mol. The molecule has 0 atom stereocenters. The fraction of sp³-hybridized carbons (Fsp3) is 0.304. The molecular formula is C23H25FN4O. The molecule has 0 unspecified atom stereocenters. The van der Waals surface area contributed by atoms with E-state index >= 15 is 0 Å². The number of amides is 1. The zero-order chi connectivity index (χ0) is 20.4. The van der Waals surface area contributed by atoms with Gasteiger partial charge in [-0.25, -0.2) is 4.39 Å². The van der Waals surface area contributed by atoms with Crippen LogP contribution < -0.4 is 10.2 Å². The normalized spacial score (nSPS) is 14.8. The molecule has 150 valence electrons. The third-order valence-electron chi connectivity index (χ3n) is 5.50. The van der Waals surface area contributed by atoms with Crippen LogP contribution in [0.3, 0.4) is 0 Å². The molecule has 1 saturated heterocycles. The highest BCUT2D eigenvalue weighted by Gasteiger charge is 2.23. The number of aromatic nitrogens is 2. The highest BCUT2D eigenvalue weighted by Crippen LogP contribution is 2.24.